The molecule has 5 nitrogen and oxygen atoms in total. The zero-order valence-corrected chi connectivity index (χ0v) is 46.7. The Morgan fingerprint density at radius 2 is 0.881 bits per heavy atom. The first-order valence-corrected chi connectivity index (χ1v) is 30.0. The average molecular weight is 1080 g/mol. The molecule has 4 bridgehead atoms. The van der Waals surface area contributed by atoms with Crippen LogP contribution < -0.4 is 0 Å². The van der Waals surface area contributed by atoms with E-state index in [2.05, 4.69) is 274 Å². The normalized spacial score (nSPS) is 17.5. The molecule has 4 aromatic heterocycles. The second-order valence-electron chi connectivity index (χ2n) is 23.4. The summed E-state index contributed by atoms with van der Waals surface area (Å²) in [5, 5.41) is 9.99. The summed E-state index contributed by atoms with van der Waals surface area (Å²) in [6.45, 7) is 2.35. The van der Waals surface area contributed by atoms with Crippen LogP contribution in [0.15, 0.2) is 259 Å². The molecule has 15 aromatic rings. The van der Waals surface area contributed by atoms with E-state index >= 15 is 0 Å². The SMILES string of the molecule is CCC1=C2\CC\C(=C(n3c4ccccc4c4ccccc43)/N=C\1n1c3ccccc3c3ccccc31)c1cc(CC3CCc4ccccc4-c4ccccc43)c3c4ccccc4n(c3c1)-c1cc(-n3c4ccccc4c4ccccc43)ccc12. The number of nitrogens with zero attached hydrogens (tertiary/aromatic N) is 5. The zero-order chi connectivity index (χ0) is 55.1. The van der Waals surface area contributed by atoms with Gasteiger partial charge >= 0.3 is 0 Å². The molecule has 0 radical (unpaired) electrons. The van der Waals surface area contributed by atoms with Crippen LogP contribution >= 0.6 is 0 Å². The van der Waals surface area contributed by atoms with Gasteiger partial charge in [-0.3, -0.25) is 9.13 Å². The summed E-state index contributed by atoms with van der Waals surface area (Å²) in [7, 11) is 0. The molecule has 6 heterocycles. The van der Waals surface area contributed by atoms with Crippen molar-refractivity contribution in [2.45, 2.75) is 51.4 Å². The molecule has 1 atom stereocenters. The standard InChI is InChI=1S/C79H57N5/c1-2-54-59-44-43-57(79(84-72-36-18-11-29-64(72)65-30-12-19-37-73(65)84)80-78(54)83-70-34-16-9-27-62(70)63-28-10-17-35-71(63)83)51-46-52(45-50-40-39-49-21-3-4-22-55(49)58-24-6-5-23-56(50)58)77-67-31-13-20-38-74(67)82(76(77)47-51)75-48-53(41-42-66(59)75)81-68-32-14-7-25-60(68)61-26-8-15-33-69(61)81/h3-38,41-42,46-48,50H,2,39-40,43-45H2,1H3/b59-54-,79-57-,80-78+. The van der Waals surface area contributed by atoms with Gasteiger partial charge in [0.15, 0.2) is 0 Å². The second kappa shape index (κ2) is 18.4. The number of aromatic nitrogens is 4. The number of aryl methyl sites for hydroxylation is 1. The average Bonchev–Trinajstić information content (AvgIpc) is 3.39. The molecule has 1 unspecified atom stereocenters. The minimum absolute atomic E-state index is 0.279. The largest absolute Gasteiger partial charge is 0.309 e. The van der Waals surface area contributed by atoms with Gasteiger partial charge < -0.3 is 9.13 Å². The number of allylic oxidation sites excluding steroid dienone is 3. The lowest BCUT2D eigenvalue weighted by Crippen LogP contribution is -2.20. The van der Waals surface area contributed by atoms with E-state index < -0.39 is 0 Å². The van der Waals surface area contributed by atoms with Crippen LogP contribution in [0.25, 0.3) is 127 Å². The molecular weight excluding hydrogens is 1020 g/mol. The van der Waals surface area contributed by atoms with Crippen molar-refractivity contribution in [3.63, 3.8) is 0 Å². The monoisotopic (exact) mass is 1080 g/mol. The van der Waals surface area contributed by atoms with E-state index in [9.17, 15) is 0 Å². The molecule has 18 rings (SSSR count). The first-order valence-electron chi connectivity index (χ1n) is 30.0. The maximum atomic E-state index is 6.44. The molecule has 0 amide bonds. The van der Waals surface area contributed by atoms with Crippen molar-refractivity contribution >= 4 is 110 Å². The van der Waals surface area contributed by atoms with Gasteiger partial charge in [-0.2, -0.15) is 0 Å². The predicted octanol–water partition coefficient (Wildman–Crippen LogP) is 20.3. The molecule has 0 saturated heterocycles. The van der Waals surface area contributed by atoms with E-state index in [1.165, 1.54) is 127 Å². The summed E-state index contributed by atoms with van der Waals surface area (Å²) in [5.74, 6) is 2.21. The Balaban J connectivity index is 1.02. The molecule has 0 fully saturated rings. The molecule has 0 spiro atoms. The van der Waals surface area contributed by atoms with E-state index in [0.29, 0.717) is 0 Å². The molecule has 2 aliphatic heterocycles. The van der Waals surface area contributed by atoms with Crippen LogP contribution in [0, 0.1) is 0 Å². The Bertz CT molecular complexity index is 5250. The lowest BCUT2D eigenvalue weighted by atomic mass is 9.83. The van der Waals surface area contributed by atoms with Crippen LogP contribution in [0.4, 0.5) is 0 Å². The number of hydrogen-bond donors (Lipinski definition) is 0. The van der Waals surface area contributed by atoms with Crippen LogP contribution in [-0.2, 0) is 12.8 Å². The fourth-order valence-electron chi connectivity index (χ4n) is 15.6. The van der Waals surface area contributed by atoms with Crippen molar-refractivity contribution in [3.05, 3.63) is 282 Å². The number of aliphatic imine (C=N–C) groups is 1. The fourth-order valence-corrected chi connectivity index (χ4v) is 15.6. The molecule has 3 aliphatic rings. The lowest BCUT2D eigenvalue weighted by molar-refractivity contribution is 0.631. The number of fused-ring (bicyclic) bond motifs is 23. The van der Waals surface area contributed by atoms with E-state index in [0.717, 1.165) is 77.9 Å². The molecule has 1 aliphatic carbocycles. The summed E-state index contributed by atoms with van der Waals surface area (Å²) < 4.78 is 10.2. The Kier molecular flexibility index (Phi) is 10.4. The second-order valence-corrected chi connectivity index (χ2v) is 23.4. The summed E-state index contributed by atoms with van der Waals surface area (Å²) in [5.41, 5.74) is 25.0. The molecule has 84 heavy (non-hydrogen) atoms. The third-order valence-corrected chi connectivity index (χ3v) is 19.2. The van der Waals surface area contributed by atoms with Gasteiger partial charge in [-0.1, -0.05) is 195 Å². The van der Waals surface area contributed by atoms with Gasteiger partial charge in [0, 0.05) is 59.9 Å². The molecule has 0 saturated carbocycles. The lowest BCUT2D eigenvalue weighted by Gasteiger charge is -2.28. The van der Waals surface area contributed by atoms with Crippen LogP contribution in [0.3, 0.4) is 0 Å². The van der Waals surface area contributed by atoms with Crippen molar-refractivity contribution in [2.75, 3.05) is 0 Å². The van der Waals surface area contributed by atoms with Crippen LogP contribution in [-0.4, -0.2) is 24.1 Å². The smallest absolute Gasteiger partial charge is 0.143 e. The van der Waals surface area contributed by atoms with Crippen molar-refractivity contribution < 1.29 is 0 Å². The van der Waals surface area contributed by atoms with Crippen LogP contribution in [0.2, 0.25) is 0 Å². The van der Waals surface area contributed by atoms with Gasteiger partial charge in [0.25, 0.3) is 0 Å². The molecule has 5 heteroatoms. The van der Waals surface area contributed by atoms with Gasteiger partial charge in [-0.25, -0.2) is 4.99 Å². The maximum Gasteiger partial charge on any atom is 0.143 e. The molecule has 11 aromatic carbocycles. The minimum atomic E-state index is 0.279. The topological polar surface area (TPSA) is 32.1 Å². The van der Waals surface area contributed by atoms with Gasteiger partial charge in [0.05, 0.1) is 49.8 Å². The van der Waals surface area contributed by atoms with Crippen molar-refractivity contribution in [3.8, 4) is 22.5 Å². The number of rotatable bonds is 5. The number of hydrogen-bond acceptors (Lipinski definition) is 1. The molecule has 398 valence electrons. The summed E-state index contributed by atoms with van der Waals surface area (Å²) in [6, 6.07) is 93.9. The van der Waals surface area contributed by atoms with Gasteiger partial charge in [0.2, 0.25) is 0 Å². The minimum Gasteiger partial charge on any atom is -0.309 e. The Labute approximate surface area is 486 Å². The summed E-state index contributed by atoms with van der Waals surface area (Å²) >= 11 is 0. The van der Waals surface area contributed by atoms with Crippen molar-refractivity contribution in [2.24, 2.45) is 4.99 Å². The fraction of sp³-hybridized carbons (Fsp3) is 0.101. The summed E-state index contributed by atoms with van der Waals surface area (Å²) in [4.78, 5) is 6.44. The maximum absolute atomic E-state index is 6.44. The summed E-state index contributed by atoms with van der Waals surface area (Å²) in [6.07, 6.45) is 5.31. The van der Waals surface area contributed by atoms with Gasteiger partial charge in [-0.15, -0.1) is 0 Å². The third kappa shape index (κ3) is 6.81. The third-order valence-electron chi connectivity index (χ3n) is 19.2. The van der Waals surface area contributed by atoms with E-state index in [1.807, 2.05) is 0 Å². The first kappa shape index (κ1) is 47.4. The predicted molar refractivity (Wildman–Crippen MR) is 353 cm³/mol. The molecular formula is C79H57N5. The van der Waals surface area contributed by atoms with E-state index in [-0.39, 0.29) is 5.92 Å². The molecule has 0 N–H and O–H groups in total. The van der Waals surface area contributed by atoms with Crippen molar-refractivity contribution in [1.82, 2.24) is 18.3 Å². The highest BCUT2D eigenvalue weighted by Crippen LogP contribution is 2.49. The number of para-hydroxylation sites is 7. The number of benzene rings is 11. The highest BCUT2D eigenvalue weighted by molar-refractivity contribution is 6.22. The Morgan fingerprint density at radius 1 is 0.393 bits per heavy atom. The van der Waals surface area contributed by atoms with Gasteiger partial charge in [-0.05, 0) is 150 Å². The first-order chi connectivity index (χ1) is 41.7. The van der Waals surface area contributed by atoms with E-state index in [1.54, 1.807) is 0 Å². The Morgan fingerprint density at radius 3 is 1.48 bits per heavy atom. The zero-order valence-electron chi connectivity index (χ0n) is 46.7. The van der Waals surface area contributed by atoms with Crippen LogP contribution in [0.1, 0.15) is 66.3 Å². The quantitative estimate of drug-likeness (QED) is 0.165. The van der Waals surface area contributed by atoms with Gasteiger partial charge in [0.1, 0.15) is 11.7 Å². The van der Waals surface area contributed by atoms with E-state index in [4.69, 9.17) is 4.99 Å². The van der Waals surface area contributed by atoms with Crippen LogP contribution in [0.5, 0.6) is 0 Å². The Hall–Kier alpha value is -10.2. The highest BCUT2D eigenvalue weighted by atomic mass is 15.2. The highest BCUT2D eigenvalue weighted by Gasteiger charge is 2.32. The van der Waals surface area contributed by atoms with Crippen molar-refractivity contribution in [1.29, 1.82) is 0 Å².